The fraction of sp³-hybridized carbons (Fsp3) is 0.357. The van der Waals surface area contributed by atoms with Crippen molar-refractivity contribution in [1.29, 1.82) is 0 Å². The first kappa shape index (κ1) is 27.7. The molecular formula is C28H29F2N3O6. The second-order valence-electron chi connectivity index (χ2n) is 9.09. The SMILES string of the molecule is C=NN1/C(=C(/OCOC(=O)OCC)C(C)=O)C(=O)N2CCC[C@@H]2[C@@H]1C(c1ccc(F)cc1)c1ccc(F)cc1. The second-order valence-corrected chi connectivity index (χ2v) is 9.09. The fourth-order valence-corrected chi connectivity index (χ4v) is 5.24. The van der Waals surface area contributed by atoms with E-state index in [1.54, 1.807) is 36.1 Å². The minimum atomic E-state index is -0.996. The van der Waals surface area contributed by atoms with Crippen molar-refractivity contribution in [2.24, 2.45) is 5.10 Å². The predicted molar refractivity (Wildman–Crippen MR) is 136 cm³/mol. The lowest BCUT2D eigenvalue weighted by Gasteiger charge is -2.47. The van der Waals surface area contributed by atoms with Crippen molar-refractivity contribution >= 4 is 24.6 Å². The molecule has 0 N–H and O–H groups in total. The van der Waals surface area contributed by atoms with Gasteiger partial charge in [-0.05, 0) is 55.2 Å². The molecule has 0 bridgehead atoms. The maximum atomic E-state index is 13.9. The number of rotatable bonds is 9. The Morgan fingerprint density at radius 2 is 1.62 bits per heavy atom. The number of carbonyl (C=O) groups is 3. The third-order valence-electron chi connectivity index (χ3n) is 6.80. The molecule has 2 atom stereocenters. The zero-order valence-corrected chi connectivity index (χ0v) is 21.6. The number of allylic oxidation sites excluding steroid dienone is 1. The van der Waals surface area contributed by atoms with E-state index in [-0.39, 0.29) is 24.1 Å². The van der Waals surface area contributed by atoms with Crippen LogP contribution in [0, 0.1) is 11.6 Å². The third kappa shape index (κ3) is 5.76. The van der Waals surface area contributed by atoms with Crippen LogP contribution < -0.4 is 0 Å². The number of piperazine rings is 1. The van der Waals surface area contributed by atoms with Crippen LogP contribution >= 0.6 is 0 Å². The summed E-state index contributed by atoms with van der Waals surface area (Å²) >= 11 is 0. The van der Waals surface area contributed by atoms with Crippen molar-refractivity contribution < 1.29 is 37.4 Å². The van der Waals surface area contributed by atoms with Crippen molar-refractivity contribution in [1.82, 2.24) is 9.91 Å². The Morgan fingerprint density at radius 3 is 2.13 bits per heavy atom. The Balaban J connectivity index is 1.85. The van der Waals surface area contributed by atoms with Gasteiger partial charge in [0.05, 0.1) is 18.7 Å². The number of benzene rings is 2. The summed E-state index contributed by atoms with van der Waals surface area (Å²) in [6.45, 7) is 6.33. The molecule has 1 amide bonds. The highest BCUT2D eigenvalue weighted by molar-refractivity contribution is 6.03. The van der Waals surface area contributed by atoms with Gasteiger partial charge >= 0.3 is 6.16 Å². The molecule has 206 valence electrons. The fourth-order valence-electron chi connectivity index (χ4n) is 5.24. The molecule has 0 saturated carbocycles. The van der Waals surface area contributed by atoms with E-state index in [0.29, 0.717) is 30.5 Å². The van der Waals surface area contributed by atoms with Crippen molar-refractivity contribution in [2.45, 2.75) is 44.7 Å². The number of hydrogen-bond acceptors (Lipinski definition) is 8. The van der Waals surface area contributed by atoms with Gasteiger partial charge in [-0.25, -0.2) is 13.6 Å². The Bertz CT molecular complexity index is 1220. The summed E-state index contributed by atoms with van der Waals surface area (Å²) in [7, 11) is 0. The normalized spacial score (nSPS) is 20.0. The molecule has 2 heterocycles. The number of amides is 1. The molecule has 0 aromatic heterocycles. The van der Waals surface area contributed by atoms with Gasteiger partial charge in [0.1, 0.15) is 11.6 Å². The summed E-state index contributed by atoms with van der Waals surface area (Å²) in [5.41, 5.74) is 1.22. The van der Waals surface area contributed by atoms with E-state index in [4.69, 9.17) is 14.2 Å². The van der Waals surface area contributed by atoms with E-state index in [2.05, 4.69) is 11.8 Å². The number of Topliss-reactive ketones (excluding diaryl/α,β-unsaturated/α-hetero) is 1. The summed E-state index contributed by atoms with van der Waals surface area (Å²) in [6, 6.07) is 10.8. The van der Waals surface area contributed by atoms with Crippen molar-refractivity contribution in [3.63, 3.8) is 0 Å². The van der Waals surface area contributed by atoms with E-state index >= 15 is 0 Å². The van der Waals surface area contributed by atoms with Gasteiger partial charge in [0.15, 0.2) is 17.2 Å². The molecule has 11 heteroatoms. The Labute approximate surface area is 224 Å². The molecule has 2 saturated heterocycles. The highest BCUT2D eigenvalue weighted by Gasteiger charge is 2.51. The number of nitrogens with zero attached hydrogens (tertiary/aromatic N) is 3. The molecular weight excluding hydrogens is 512 g/mol. The largest absolute Gasteiger partial charge is 0.511 e. The zero-order valence-electron chi connectivity index (χ0n) is 21.6. The van der Waals surface area contributed by atoms with Crippen LogP contribution in [0.25, 0.3) is 0 Å². The number of hydrazone groups is 1. The first-order valence-corrected chi connectivity index (χ1v) is 12.5. The standard InChI is InChI=1S/C28H29F2N3O6/c1-4-37-28(36)39-16-38-26(17(2)34)25-27(35)32-15-5-6-22(32)24(33(25)31-3)23(18-7-11-20(29)12-8-18)19-9-13-21(30)14-10-19/h7-14,22-24H,3-6,15-16H2,1-2H3/b26-25+/t22-,24-/m1/s1. The minimum Gasteiger partial charge on any atom is -0.451 e. The summed E-state index contributed by atoms with van der Waals surface area (Å²) in [4.78, 5) is 39.7. The average molecular weight is 542 g/mol. The molecule has 2 aromatic rings. The number of fused-ring (bicyclic) bond motifs is 1. The Hall–Kier alpha value is -4.28. The smallest absolute Gasteiger partial charge is 0.451 e. The van der Waals surface area contributed by atoms with Crippen LogP contribution in [0.15, 0.2) is 65.1 Å². The lowest BCUT2D eigenvalue weighted by atomic mass is 9.79. The number of hydrogen-bond donors (Lipinski definition) is 0. The van der Waals surface area contributed by atoms with Crippen molar-refractivity contribution in [2.75, 3.05) is 19.9 Å². The lowest BCUT2D eigenvalue weighted by molar-refractivity contribution is -0.137. The van der Waals surface area contributed by atoms with E-state index in [9.17, 15) is 23.2 Å². The van der Waals surface area contributed by atoms with Gasteiger partial charge in [0.2, 0.25) is 6.79 Å². The molecule has 0 unspecified atom stereocenters. The monoisotopic (exact) mass is 541 g/mol. The molecule has 2 aliphatic rings. The van der Waals surface area contributed by atoms with E-state index in [1.807, 2.05) is 0 Å². The maximum Gasteiger partial charge on any atom is 0.511 e. The van der Waals surface area contributed by atoms with Gasteiger partial charge in [-0.2, -0.15) is 5.10 Å². The topological polar surface area (TPSA) is 97.7 Å². The molecule has 0 aliphatic carbocycles. The summed E-state index contributed by atoms with van der Waals surface area (Å²) < 4.78 is 42.8. The van der Waals surface area contributed by atoms with E-state index in [0.717, 1.165) is 0 Å². The molecule has 2 aromatic carbocycles. The van der Waals surface area contributed by atoms with E-state index < -0.39 is 48.2 Å². The van der Waals surface area contributed by atoms with Gasteiger partial charge in [-0.15, -0.1) is 0 Å². The quantitative estimate of drug-likeness (QED) is 0.153. The first-order chi connectivity index (χ1) is 18.8. The van der Waals surface area contributed by atoms with Crippen LogP contribution in [0.5, 0.6) is 0 Å². The predicted octanol–water partition coefficient (Wildman–Crippen LogP) is 4.34. The van der Waals surface area contributed by atoms with Crippen LogP contribution in [-0.2, 0) is 23.8 Å². The highest BCUT2D eigenvalue weighted by atomic mass is 19.1. The highest BCUT2D eigenvalue weighted by Crippen LogP contribution is 2.43. The van der Waals surface area contributed by atoms with Gasteiger partial charge in [-0.3, -0.25) is 14.6 Å². The van der Waals surface area contributed by atoms with Gasteiger partial charge in [0.25, 0.3) is 5.91 Å². The average Bonchev–Trinajstić information content (AvgIpc) is 3.40. The number of halogens is 2. The van der Waals surface area contributed by atoms with Crippen LogP contribution in [0.2, 0.25) is 0 Å². The summed E-state index contributed by atoms with van der Waals surface area (Å²) in [5, 5.41) is 5.52. The molecule has 9 nitrogen and oxygen atoms in total. The van der Waals surface area contributed by atoms with Crippen LogP contribution in [-0.4, -0.2) is 66.5 Å². The van der Waals surface area contributed by atoms with Crippen molar-refractivity contribution in [3.05, 3.63) is 82.7 Å². The number of carbonyl (C=O) groups excluding carboxylic acids is 3. The van der Waals surface area contributed by atoms with Gasteiger partial charge in [-0.1, -0.05) is 24.3 Å². The van der Waals surface area contributed by atoms with Crippen LogP contribution in [0.3, 0.4) is 0 Å². The summed E-state index contributed by atoms with van der Waals surface area (Å²) in [6.07, 6.45) is 0.341. The Kier molecular flexibility index (Phi) is 8.58. The summed E-state index contributed by atoms with van der Waals surface area (Å²) in [5.74, 6) is -2.83. The molecule has 0 radical (unpaired) electrons. The molecule has 2 aliphatic heterocycles. The third-order valence-corrected chi connectivity index (χ3v) is 6.80. The number of ketones is 1. The molecule has 0 spiro atoms. The minimum absolute atomic E-state index is 0.0817. The van der Waals surface area contributed by atoms with Crippen LogP contribution in [0.1, 0.15) is 43.7 Å². The first-order valence-electron chi connectivity index (χ1n) is 12.5. The van der Waals surface area contributed by atoms with Crippen molar-refractivity contribution in [3.8, 4) is 0 Å². The van der Waals surface area contributed by atoms with Crippen LogP contribution in [0.4, 0.5) is 13.6 Å². The molecule has 4 rings (SSSR count). The van der Waals surface area contributed by atoms with Gasteiger partial charge < -0.3 is 19.1 Å². The zero-order chi connectivity index (χ0) is 28.1. The maximum absolute atomic E-state index is 13.9. The molecule has 39 heavy (non-hydrogen) atoms. The Morgan fingerprint density at radius 1 is 1.03 bits per heavy atom. The number of ether oxygens (including phenoxy) is 3. The lowest BCUT2D eigenvalue weighted by Crippen LogP contribution is -2.59. The van der Waals surface area contributed by atoms with Gasteiger partial charge in [0, 0.05) is 26.1 Å². The van der Waals surface area contributed by atoms with E-state index in [1.165, 1.54) is 36.2 Å². The second kappa shape index (κ2) is 12.1. The molecule has 2 fully saturated rings.